The van der Waals surface area contributed by atoms with Gasteiger partial charge >= 0.3 is 5.97 Å². The number of nitro groups is 1. The van der Waals surface area contributed by atoms with Crippen LogP contribution in [0.3, 0.4) is 0 Å². The number of carboxylic acids is 1. The number of aldehydes is 1. The Hall–Kier alpha value is -3.01. The van der Waals surface area contributed by atoms with Gasteiger partial charge in [0.05, 0.1) is 16.1 Å². The lowest BCUT2D eigenvalue weighted by Gasteiger charge is -2.01. The third-order valence-electron chi connectivity index (χ3n) is 2.03. The molecule has 1 N–H and O–H groups in total. The van der Waals surface area contributed by atoms with Gasteiger partial charge in [0.2, 0.25) is 0 Å². The van der Waals surface area contributed by atoms with Crippen LogP contribution in [0.4, 0.5) is 5.69 Å². The normalized spacial score (nSPS) is 9.94. The second kappa shape index (κ2) is 5.36. The third-order valence-corrected chi connectivity index (χ3v) is 2.03. The first-order valence-electron chi connectivity index (χ1n) is 4.58. The number of nitro benzene ring substituents is 1. The quantitative estimate of drug-likeness (QED) is 0.370. The third kappa shape index (κ3) is 2.76. The monoisotopic (exact) mass is 246 g/mol. The molecule has 0 aliphatic carbocycles. The summed E-state index contributed by atoms with van der Waals surface area (Å²) in [6.07, 6.45) is 2.01. The summed E-state index contributed by atoms with van der Waals surface area (Å²) < 4.78 is 0. The van der Waals surface area contributed by atoms with Gasteiger partial charge in [-0.2, -0.15) is 5.26 Å². The molecule has 0 aliphatic heterocycles. The number of nitriles is 1. The highest BCUT2D eigenvalue weighted by Crippen LogP contribution is 2.25. The maximum absolute atomic E-state index is 10.8. The fraction of sp³-hybridized carbons (Fsp3) is 0. The van der Waals surface area contributed by atoms with E-state index >= 15 is 0 Å². The Balaban J connectivity index is 3.55. The minimum Gasteiger partial charge on any atom is -0.478 e. The van der Waals surface area contributed by atoms with Gasteiger partial charge in [-0.25, -0.2) is 4.79 Å². The van der Waals surface area contributed by atoms with E-state index in [0.29, 0.717) is 12.4 Å². The topological polar surface area (TPSA) is 121 Å². The van der Waals surface area contributed by atoms with Gasteiger partial charge in [-0.15, -0.1) is 0 Å². The Morgan fingerprint density at radius 1 is 1.50 bits per heavy atom. The van der Waals surface area contributed by atoms with Gasteiger partial charge in [-0.3, -0.25) is 14.9 Å². The molecule has 0 aromatic heterocycles. The molecule has 7 heteroatoms. The van der Waals surface area contributed by atoms with Crippen molar-refractivity contribution < 1.29 is 19.6 Å². The number of carboxylic acid groups (broad SMARTS) is 1. The molecule has 0 saturated heterocycles. The Morgan fingerprint density at radius 2 is 2.17 bits per heavy atom. The Morgan fingerprint density at radius 3 is 2.61 bits per heavy atom. The lowest BCUT2D eigenvalue weighted by Crippen LogP contribution is -1.98. The summed E-state index contributed by atoms with van der Waals surface area (Å²) >= 11 is 0. The summed E-state index contributed by atoms with van der Waals surface area (Å²) in [6, 6.07) is 3.82. The van der Waals surface area contributed by atoms with Crippen molar-refractivity contribution in [3.8, 4) is 6.07 Å². The lowest BCUT2D eigenvalue weighted by atomic mass is 10.0. The van der Waals surface area contributed by atoms with E-state index in [1.165, 1.54) is 0 Å². The molecule has 0 heterocycles. The molecule has 0 spiro atoms. The number of carbonyl (C=O) groups excluding carboxylic acids is 1. The van der Waals surface area contributed by atoms with Crippen molar-refractivity contribution >= 4 is 24.0 Å². The number of hydrogen-bond donors (Lipinski definition) is 1. The van der Waals surface area contributed by atoms with Crippen LogP contribution >= 0.6 is 0 Å². The van der Waals surface area contributed by atoms with Crippen LogP contribution in [0.5, 0.6) is 0 Å². The van der Waals surface area contributed by atoms with Crippen molar-refractivity contribution in [1.29, 1.82) is 5.26 Å². The SMILES string of the molecule is N#Cc1cc(C=O)cc([N+](=O)[O-])c1/C=C/C(=O)O. The van der Waals surface area contributed by atoms with E-state index in [1.807, 2.05) is 0 Å². The average molecular weight is 246 g/mol. The summed E-state index contributed by atoms with van der Waals surface area (Å²) in [7, 11) is 0. The molecule has 0 bridgehead atoms. The van der Waals surface area contributed by atoms with E-state index < -0.39 is 16.6 Å². The zero-order valence-corrected chi connectivity index (χ0v) is 8.86. The standard InChI is InChI=1S/C11H6N2O5/c12-5-8-3-7(6-14)4-10(13(17)18)9(8)1-2-11(15)16/h1-4,6H,(H,15,16)/b2-1+. The number of rotatable bonds is 4. The first-order valence-corrected chi connectivity index (χ1v) is 4.58. The zero-order chi connectivity index (χ0) is 13.7. The van der Waals surface area contributed by atoms with E-state index in [1.54, 1.807) is 6.07 Å². The molecule has 0 fully saturated rings. The molecule has 1 rings (SSSR count). The number of hydrogen-bond acceptors (Lipinski definition) is 5. The smallest absolute Gasteiger partial charge is 0.328 e. The zero-order valence-electron chi connectivity index (χ0n) is 8.86. The van der Waals surface area contributed by atoms with Crippen molar-refractivity contribution in [3.63, 3.8) is 0 Å². The van der Waals surface area contributed by atoms with Crippen molar-refractivity contribution in [2.45, 2.75) is 0 Å². The maximum Gasteiger partial charge on any atom is 0.328 e. The first kappa shape index (κ1) is 13.1. The molecule has 0 atom stereocenters. The molecule has 90 valence electrons. The Bertz CT molecular complexity index is 598. The molecule has 1 aromatic carbocycles. The van der Waals surface area contributed by atoms with Gasteiger partial charge in [0, 0.05) is 17.7 Å². The number of nitrogens with zero attached hydrogens (tertiary/aromatic N) is 2. The van der Waals surface area contributed by atoms with Crippen molar-refractivity contribution in [1.82, 2.24) is 0 Å². The predicted octanol–water partition coefficient (Wildman–Crippen LogP) is 1.38. The van der Waals surface area contributed by atoms with Crippen molar-refractivity contribution in [3.05, 3.63) is 45.0 Å². The largest absolute Gasteiger partial charge is 0.478 e. The molecule has 0 unspecified atom stereocenters. The van der Waals surface area contributed by atoms with Crippen molar-refractivity contribution in [2.24, 2.45) is 0 Å². The molecular formula is C11H6N2O5. The van der Waals surface area contributed by atoms with E-state index in [9.17, 15) is 19.7 Å². The van der Waals surface area contributed by atoms with Gasteiger partial charge in [0.25, 0.3) is 5.69 Å². The fourth-order valence-corrected chi connectivity index (χ4v) is 1.30. The van der Waals surface area contributed by atoms with E-state index in [2.05, 4.69) is 0 Å². The minimum absolute atomic E-state index is 0.0225. The van der Waals surface area contributed by atoms with E-state index in [-0.39, 0.29) is 16.7 Å². The molecule has 0 aliphatic rings. The predicted molar refractivity (Wildman–Crippen MR) is 59.9 cm³/mol. The summed E-state index contributed by atoms with van der Waals surface area (Å²) in [5, 5.41) is 28.1. The van der Waals surface area contributed by atoms with Gasteiger partial charge in [0.15, 0.2) is 0 Å². The van der Waals surface area contributed by atoms with E-state index in [4.69, 9.17) is 10.4 Å². The molecule has 1 aromatic rings. The van der Waals surface area contributed by atoms with Gasteiger partial charge in [0.1, 0.15) is 12.4 Å². The van der Waals surface area contributed by atoms with Crippen LogP contribution in [0.2, 0.25) is 0 Å². The number of aliphatic carboxylic acids is 1. The lowest BCUT2D eigenvalue weighted by molar-refractivity contribution is -0.385. The van der Waals surface area contributed by atoms with Crippen LogP contribution in [0.25, 0.3) is 6.08 Å². The first-order chi connectivity index (χ1) is 8.49. The molecular weight excluding hydrogens is 240 g/mol. The van der Waals surface area contributed by atoms with Gasteiger partial charge in [-0.1, -0.05) is 0 Å². The Labute approximate surface area is 101 Å². The summed E-state index contributed by atoms with van der Waals surface area (Å²) in [4.78, 5) is 31.0. The molecule has 7 nitrogen and oxygen atoms in total. The van der Waals surface area contributed by atoms with Crippen LogP contribution in [0.1, 0.15) is 21.5 Å². The summed E-state index contributed by atoms with van der Waals surface area (Å²) in [6.45, 7) is 0. The summed E-state index contributed by atoms with van der Waals surface area (Å²) in [5.41, 5.74) is -0.793. The number of benzene rings is 1. The van der Waals surface area contributed by atoms with Crippen LogP contribution in [-0.2, 0) is 4.79 Å². The molecule has 0 radical (unpaired) electrons. The summed E-state index contributed by atoms with van der Waals surface area (Å²) in [5.74, 6) is -1.30. The fourth-order valence-electron chi connectivity index (χ4n) is 1.30. The highest BCUT2D eigenvalue weighted by atomic mass is 16.6. The van der Waals surface area contributed by atoms with Crippen LogP contribution in [0, 0.1) is 21.4 Å². The van der Waals surface area contributed by atoms with Gasteiger partial charge < -0.3 is 5.11 Å². The second-order valence-electron chi connectivity index (χ2n) is 3.16. The second-order valence-corrected chi connectivity index (χ2v) is 3.16. The minimum atomic E-state index is -1.30. The van der Waals surface area contributed by atoms with Gasteiger partial charge in [-0.05, 0) is 12.1 Å². The molecule has 18 heavy (non-hydrogen) atoms. The molecule has 0 amide bonds. The van der Waals surface area contributed by atoms with Crippen molar-refractivity contribution in [2.75, 3.05) is 0 Å². The Kier molecular flexibility index (Phi) is 3.89. The van der Waals surface area contributed by atoms with Crippen LogP contribution in [-0.4, -0.2) is 22.3 Å². The van der Waals surface area contributed by atoms with Crippen LogP contribution < -0.4 is 0 Å². The van der Waals surface area contributed by atoms with E-state index in [0.717, 1.165) is 18.2 Å². The highest BCUT2D eigenvalue weighted by molar-refractivity contribution is 5.88. The number of carbonyl (C=O) groups is 2. The molecule has 0 saturated carbocycles. The maximum atomic E-state index is 10.8. The average Bonchev–Trinajstić information content (AvgIpc) is 2.34. The highest BCUT2D eigenvalue weighted by Gasteiger charge is 2.17. The van der Waals surface area contributed by atoms with Crippen LogP contribution in [0.15, 0.2) is 18.2 Å².